The molecule has 0 atom stereocenters. The summed E-state index contributed by atoms with van der Waals surface area (Å²) in [6, 6.07) is 1.68. The van der Waals surface area contributed by atoms with Crippen molar-refractivity contribution in [2.75, 3.05) is 48.8 Å². The van der Waals surface area contributed by atoms with E-state index < -0.39 is 0 Å². The first-order valence-corrected chi connectivity index (χ1v) is 17.9. The van der Waals surface area contributed by atoms with Crippen LogP contribution in [0.4, 0.5) is 17.8 Å². The minimum absolute atomic E-state index is 0.0853. The van der Waals surface area contributed by atoms with Crippen LogP contribution in [0.3, 0.4) is 0 Å². The van der Waals surface area contributed by atoms with Crippen LogP contribution in [0.1, 0.15) is 127 Å². The Morgan fingerprint density at radius 2 is 1.05 bits per heavy atom. The molecule has 3 radical (unpaired) electrons. The maximum Gasteiger partial charge on any atom is 0.232 e. The molecule has 0 unspecified atom stereocenters. The SMILES string of the molecule is CCCCN(c1nc(NCCC[Si])nc(N(CCCC)C2CC(C)(C)N(C)C(C)(C)C2)n1)C1CC(C)(C)N(C)C(C)(C)C1. The average molecular weight is 614 g/mol. The second-order valence-electron chi connectivity index (χ2n) is 15.9. The lowest BCUT2D eigenvalue weighted by Crippen LogP contribution is -2.63. The molecule has 2 fully saturated rings. The van der Waals surface area contributed by atoms with Crippen molar-refractivity contribution in [3.05, 3.63) is 0 Å². The number of piperidine rings is 2. The molecule has 0 amide bonds. The van der Waals surface area contributed by atoms with Crippen LogP contribution in [0.15, 0.2) is 0 Å². The smallest absolute Gasteiger partial charge is 0.232 e. The quantitative estimate of drug-likeness (QED) is 0.182. The fourth-order valence-electron chi connectivity index (χ4n) is 7.61. The number of likely N-dealkylation sites (tertiary alicyclic amines) is 2. The number of anilines is 3. The Labute approximate surface area is 268 Å². The van der Waals surface area contributed by atoms with Crippen LogP contribution in [0.25, 0.3) is 0 Å². The third-order valence-electron chi connectivity index (χ3n) is 10.7. The Bertz CT molecular complexity index is 917. The van der Waals surface area contributed by atoms with Gasteiger partial charge in [0.05, 0.1) is 0 Å². The van der Waals surface area contributed by atoms with E-state index in [0.717, 1.165) is 95.4 Å². The molecule has 3 heterocycles. The number of unbranched alkanes of at least 4 members (excludes halogenated alkanes) is 2. The highest BCUT2D eigenvalue weighted by atomic mass is 28.1. The van der Waals surface area contributed by atoms with Gasteiger partial charge in [-0.25, -0.2) is 0 Å². The lowest BCUT2D eigenvalue weighted by Gasteiger charge is -2.56. The van der Waals surface area contributed by atoms with Crippen LogP contribution in [-0.4, -0.2) is 103 Å². The summed E-state index contributed by atoms with van der Waals surface area (Å²) in [6.45, 7) is 26.4. The Kier molecular flexibility index (Phi) is 12.0. The number of rotatable bonds is 14. The van der Waals surface area contributed by atoms with Crippen molar-refractivity contribution in [1.82, 2.24) is 24.8 Å². The van der Waals surface area contributed by atoms with Crippen molar-refractivity contribution in [2.24, 2.45) is 0 Å². The molecule has 0 aromatic carbocycles. The monoisotopic (exact) mass is 614 g/mol. The van der Waals surface area contributed by atoms with Crippen LogP contribution in [-0.2, 0) is 0 Å². The maximum absolute atomic E-state index is 5.40. The van der Waals surface area contributed by atoms with Crippen LogP contribution >= 0.6 is 0 Å². The molecule has 0 spiro atoms. The molecule has 2 aliphatic heterocycles. The minimum atomic E-state index is 0.0853. The van der Waals surface area contributed by atoms with Crippen LogP contribution < -0.4 is 15.1 Å². The van der Waals surface area contributed by atoms with Crippen molar-refractivity contribution in [2.45, 2.75) is 167 Å². The Morgan fingerprint density at radius 3 is 1.37 bits per heavy atom. The highest BCUT2D eigenvalue weighted by molar-refractivity contribution is 6.08. The van der Waals surface area contributed by atoms with Crippen molar-refractivity contribution >= 4 is 28.1 Å². The molecule has 1 aromatic heterocycles. The fraction of sp³-hybridized carbons (Fsp3) is 0.912. The molecule has 0 saturated carbocycles. The van der Waals surface area contributed by atoms with E-state index in [9.17, 15) is 0 Å². The van der Waals surface area contributed by atoms with Gasteiger partial charge in [0, 0.05) is 64.1 Å². The molecule has 8 nitrogen and oxygen atoms in total. The first-order chi connectivity index (χ1) is 20.0. The van der Waals surface area contributed by atoms with Crippen LogP contribution in [0, 0.1) is 0 Å². The number of hydrogen-bond acceptors (Lipinski definition) is 8. The summed E-state index contributed by atoms with van der Waals surface area (Å²) in [5.74, 6) is 2.39. The zero-order chi connectivity index (χ0) is 32.2. The topological polar surface area (TPSA) is 63.7 Å². The lowest BCUT2D eigenvalue weighted by molar-refractivity contribution is -0.0130. The molecule has 0 aliphatic carbocycles. The van der Waals surface area contributed by atoms with Gasteiger partial charge in [-0.3, -0.25) is 9.80 Å². The zero-order valence-corrected chi connectivity index (χ0v) is 31.0. The van der Waals surface area contributed by atoms with Crippen molar-refractivity contribution in [1.29, 1.82) is 0 Å². The molecule has 3 rings (SSSR count). The van der Waals surface area contributed by atoms with E-state index in [1.807, 2.05) is 0 Å². The van der Waals surface area contributed by atoms with Gasteiger partial charge in [0.25, 0.3) is 0 Å². The minimum Gasteiger partial charge on any atom is -0.354 e. The van der Waals surface area contributed by atoms with E-state index >= 15 is 0 Å². The summed E-state index contributed by atoms with van der Waals surface area (Å²) in [7, 11) is 8.22. The van der Waals surface area contributed by atoms with E-state index in [0.29, 0.717) is 18.0 Å². The molecule has 0 bridgehead atoms. The van der Waals surface area contributed by atoms with Gasteiger partial charge in [0.15, 0.2) is 0 Å². The number of nitrogens with one attached hydrogen (secondary N) is 1. The van der Waals surface area contributed by atoms with E-state index in [2.05, 4.69) is 118 Å². The molecule has 2 saturated heterocycles. The van der Waals surface area contributed by atoms with Gasteiger partial charge in [0.2, 0.25) is 17.8 Å². The Morgan fingerprint density at radius 1 is 0.674 bits per heavy atom. The zero-order valence-electron chi connectivity index (χ0n) is 30.0. The summed E-state index contributed by atoms with van der Waals surface area (Å²) in [5.41, 5.74) is 0.341. The molecular formula is C34H65N8Si. The first-order valence-electron chi connectivity index (χ1n) is 17.1. The third-order valence-corrected chi connectivity index (χ3v) is 11.1. The predicted octanol–water partition coefficient (Wildman–Crippen LogP) is 6.78. The van der Waals surface area contributed by atoms with Gasteiger partial charge in [-0.05, 0) is 114 Å². The first kappa shape index (κ1) is 36.0. The van der Waals surface area contributed by atoms with Gasteiger partial charge >= 0.3 is 0 Å². The van der Waals surface area contributed by atoms with Gasteiger partial charge in [0.1, 0.15) is 0 Å². The summed E-state index contributed by atoms with van der Waals surface area (Å²) >= 11 is 0. The van der Waals surface area contributed by atoms with E-state index in [1.165, 1.54) is 0 Å². The highest BCUT2D eigenvalue weighted by Gasteiger charge is 2.47. The standard InChI is InChI=1S/C34H65N8Si/c1-13-15-19-41(26-22-31(3,4)39(11)32(5,6)23-26)29-36-28(35-18-17-21-43)37-30(38-29)42(20-16-14-2)27-24-33(7,8)40(12)34(9,10)25-27/h26-27H,13-25H2,1-12H3,(H,35,36,37,38). The molecule has 1 N–H and O–H groups in total. The fourth-order valence-corrected chi connectivity index (χ4v) is 7.78. The average Bonchev–Trinajstić information content (AvgIpc) is 2.90. The van der Waals surface area contributed by atoms with Gasteiger partial charge in [-0.2, -0.15) is 15.0 Å². The summed E-state index contributed by atoms with van der Waals surface area (Å²) < 4.78 is 0. The molecular weight excluding hydrogens is 549 g/mol. The second-order valence-corrected chi connectivity index (χ2v) is 16.4. The van der Waals surface area contributed by atoms with Gasteiger partial charge in [-0.15, -0.1) is 0 Å². The van der Waals surface area contributed by atoms with Gasteiger partial charge in [-0.1, -0.05) is 32.7 Å². The van der Waals surface area contributed by atoms with Crippen molar-refractivity contribution in [3.8, 4) is 0 Å². The van der Waals surface area contributed by atoms with E-state index in [-0.39, 0.29) is 22.2 Å². The predicted molar refractivity (Wildman–Crippen MR) is 186 cm³/mol. The van der Waals surface area contributed by atoms with E-state index in [4.69, 9.17) is 15.0 Å². The molecule has 1 aromatic rings. The maximum atomic E-state index is 5.40. The van der Waals surface area contributed by atoms with Gasteiger partial charge < -0.3 is 15.1 Å². The Balaban J connectivity index is 2.12. The van der Waals surface area contributed by atoms with Crippen molar-refractivity contribution in [3.63, 3.8) is 0 Å². The van der Waals surface area contributed by atoms with Crippen molar-refractivity contribution < 1.29 is 0 Å². The highest BCUT2D eigenvalue weighted by Crippen LogP contribution is 2.42. The summed E-state index contributed by atoms with van der Waals surface area (Å²) in [5, 5.41) is 3.57. The number of hydrogen-bond donors (Lipinski definition) is 1. The summed E-state index contributed by atoms with van der Waals surface area (Å²) in [6.07, 6.45) is 9.89. The van der Waals surface area contributed by atoms with Crippen LogP contribution in [0.5, 0.6) is 0 Å². The molecule has 9 heteroatoms. The third kappa shape index (κ3) is 8.63. The lowest BCUT2D eigenvalue weighted by atomic mass is 9.77. The molecule has 245 valence electrons. The molecule has 2 aliphatic rings. The largest absolute Gasteiger partial charge is 0.354 e. The number of aromatic nitrogens is 3. The Hall–Kier alpha value is -1.45. The molecule has 43 heavy (non-hydrogen) atoms. The summed E-state index contributed by atoms with van der Waals surface area (Å²) in [4.78, 5) is 25.9. The van der Waals surface area contributed by atoms with E-state index in [1.54, 1.807) is 0 Å². The second kappa shape index (κ2) is 14.3. The number of nitrogens with zero attached hydrogens (tertiary/aromatic N) is 7. The normalized spacial score (nSPS) is 22.4. The van der Waals surface area contributed by atoms with Crippen LogP contribution in [0.2, 0.25) is 6.04 Å².